The Hall–Kier alpha value is -0.370. The van der Waals surface area contributed by atoms with Gasteiger partial charge in [0.2, 0.25) is 10.0 Å². The van der Waals surface area contributed by atoms with Crippen molar-refractivity contribution in [3.05, 3.63) is 16.5 Å². The van der Waals surface area contributed by atoms with Crippen LogP contribution in [0.4, 0.5) is 0 Å². The number of hydrogen-bond acceptors (Lipinski definition) is 4. The predicted octanol–water partition coefficient (Wildman–Crippen LogP) is 1.84. The zero-order chi connectivity index (χ0) is 13.1. The van der Waals surface area contributed by atoms with E-state index in [4.69, 9.17) is 4.42 Å². The van der Waals surface area contributed by atoms with Crippen molar-refractivity contribution in [1.82, 2.24) is 10.0 Å². The number of rotatable bonds is 6. The first kappa shape index (κ1) is 14.7. The van der Waals surface area contributed by atoms with Crippen LogP contribution in [0.2, 0.25) is 0 Å². The quantitative estimate of drug-likeness (QED) is 0.837. The van der Waals surface area contributed by atoms with E-state index in [1.807, 2.05) is 6.92 Å². The molecule has 0 bridgehead atoms. The van der Waals surface area contributed by atoms with Crippen molar-refractivity contribution in [2.45, 2.75) is 38.3 Å². The van der Waals surface area contributed by atoms with Crippen molar-refractivity contribution in [2.75, 3.05) is 6.54 Å². The molecule has 1 heterocycles. The largest absolute Gasteiger partial charge is 0.452 e. The minimum Gasteiger partial charge on any atom is -0.452 e. The fourth-order valence-electron chi connectivity index (χ4n) is 1.29. The highest BCUT2D eigenvalue weighted by molar-refractivity contribution is 9.10. The molecule has 0 radical (unpaired) electrons. The molecule has 0 spiro atoms. The lowest BCUT2D eigenvalue weighted by Gasteiger charge is -2.07. The Morgan fingerprint density at radius 3 is 2.65 bits per heavy atom. The Balaban J connectivity index is 2.94. The topological polar surface area (TPSA) is 71.3 Å². The normalized spacial score (nSPS) is 12.3. The smallest absolute Gasteiger partial charge is 0.245 e. The van der Waals surface area contributed by atoms with Crippen LogP contribution in [0.15, 0.2) is 20.0 Å². The van der Waals surface area contributed by atoms with Gasteiger partial charge in [-0.05, 0) is 36.3 Å². The van der Waals surface area contributed by atoms with Crippen LogP contribution in [0.25, 0.3) is 0 Å². The number of nitrogens with one attached hydrogen (secondary N) is 2. The second kappa shape index (κ2) is 5.99. The molecule has 0 saturated carbocycles. The van der Waals surface area contributed by atoms with Crippen molar-refractivity contribution < 1.29 is 12.8 Å². The zero-order valence-corrected chi connectivity index (χ0v) is 12.5. The van der Waals surface area contributed by atoms with E-state index < -0.39 is 10.0 Å². The van der Waals surface area contributed by atoms with Crippen molar-refractivity contribution >= 4 is 26.0 Å². The molecule has 1 rings (SSSR count). The molecule has 98 valence electrons. The van der Waals surface area contributed by atoms with Gasteiger partial charge in [-0.25, -0.2) is 13.1 Å². The minimum absolute atomic E-state index is 0.138. The van der Waals surface area contributed by atoms with Gasteiger partial charge in [0.15, 0.2) is 4.67 Å². The number of sulfonamides is 1. The maximum absolute atomic E-state index is 11.9. The fourth-order valence-corrected chi connectivity index (χ4v) is 3.54. The Kier molecular flexibility index (Phi) is 5.18. The molecule has 0 aliphatic rings. The van der Waals surface area contributed by atoms with Gasteiger partial charge in [-0.3, -0.25) is 0 Å². The highest BCUT2D eigenvalue weighted by atomic mass is 79.9. The van der Waals surface area contributed by atoms with Crippen LogP contribution in [0.5, 0.6) is 0 Å². The lowest BCUT2D eigenvalue weighted by atomic mass is 10.4. The van der Waals surface area contributed by atoms with Crippen molar-refractivity contribution in [1.29, 1.82) is 0 Å². The molecule has 5 nitrogen and oxygen atoms in total. The summed E-state index contributed by atoms with van der Waals surface area (Å²) >= 11 is 3.12. The van der Waals surface area contributed by atoms with E-state index in [1.54, 1.807) is 13.8 Å². The summed E-state index contributed by atoms with van der Waals surface area (Å²) in [7, 11) is -3.51. The Morgan fingerprint density at radius 1 is 1.47 bits per heavy atom. The van der Waals surface area contributed by atoms with E-state index in [0.717, 1.165) is 6.54 Å². The molecule has 7 heteroatoms. The van der Waals surface area contributed by atoms with E-state index >= 15 is 0 Å². The lowest BCUT2D eigenvalue weighted by Crippen LogP contribution is -2.30. The fraction of sp³-hybridized carbons (Fsp3) is 0.600. The molecule has 0 amide bonds. The lowest BCUT2D eigenvalue weighted by molar-refractivity contribution is 0.464. The molecule has 1 aromatic heterocycles. The van der Waals surface area contributed by atoms with Gasteiger partial charge in [-0.1, -0.05) is 6.92 Å². The first-order valence-electron chi connectivity index (χ1n) is 5.38. The van der Waals surface area contributed by atoms with Gasteiger partial charge in [0.1, 0.15) is 10.7 Å². The van der Waals surface area contributed by atoms with E-state index in [1.165, 1.54) is 6.07 Å². The Bertz CT molecular complexity index is 468. The van der Waals surface area contributed by atoms with Crippen LogP contribution in [0.1, 0.15) is 26.5 Å². The SMILES string of the molecule is CCNCc1cc(S(=O)(=O)NC(C)C)c(Br)o1. The van der Waals surface area contributed by atoms with Gasteiger partial charge in [0.05, 0.1) is 6.54 Å². The molecule has 0 aliphatic carbocycles. The summed E-state index contributed by atoms with van der Waals surface area (Å²) in [5.74, 6) is 0.586. The summed E-state index contributed by atoms with van der Waals surface area (Å²) in [4.78, 5) is 0.138. The summed E-state index contributed by atoms with van der Waals surface area (Å²) in [6, 6.07) is 1.37. The van der Waals surface area contributed by atoms with Crippen molar-refractivity contribution in [3.8, 4) is 0 Å². The molecule has 1 aromatic rings. The van der Waals surface area contributed by atoms with Gasteiger partial charge in [0, 0.05) is 12.1 Å². The number of hydrogen-bond donors (Lipinski definition) is 2. The van der Waals surface area contributed by atoms with E-state index in [2.05, 4.69) is 26.0 Å². The van der Waals surface area contributed by atoms with Gasteiger partial charge >= 0.3 is 0 Å². The van der Waals surface area contributed by atoms with Crippen LogP contribution < -0.4 is 10.0 Å². The average molecular weight is 325 g/mol. The molecule has 0 atom stereocenters. The third-order valence-electron chi connectivity index (χ3n) is 1.94. The summed E-state index contributed by atoms with van der Waals surface area (Å²) in [5.41, 5.74) is 0. The zero-order valence-electron chi connectivity index (χ0n) is 10.1. The molecule has 0 fully saturated rings. The molecule has 0 unspecified atom stereocenters. The van der Waals surface area contributed by atoms with Crippen molar-refractivity contribution in [3.63, 3.8) is 0 Å². The van der Waals surface area contributed by atoms with Crippen molar-refractivity contribution in [2.24, 2.45) is 0 Å². The highest BCUT2D eigenvalue weighted by Gasteiger charge is 2.22. The third-order valence-corrected chi connectivity index (χ3v) is 4.45. The van der Waals surface area contributed by atoms with Crippen LogP contribution in [-0.2, 0) is 16.6 Å². The Morgan fingerprint density at radius 2 is 2.12 bits per heavy atom. The summed E-state index contributed by atoms with van der Waals surface area (Å²) in [6.07, 6.45) is 0. The maximum atomic E-state index is 11.9. The first-order valence-corrected chi connectivity index (χ1v) is 7.65. The second-order valence-electron chi connectivity index (χ2n) is 3.91. The van der Waals surface area contributed by atoms with E-state index in [0.29, 0.717) is 12.3 Å². The maximum Gasteiger partial charge on any atom is 0.245 e. The third kappa shape index (κ3) is 4.09. The molecule has 2 N–H and O–H groups in total. The van der Waals surface area contributed by atoms with Gasteiger partial charge in [-0.15, -0.1) is 0 Å². The molecule has 17 heavy (non-hydrogen) atoms. The van der Waals surface area contributed by atoms with Gasteiger partial charge in [-0.2, -0.15) is 0 Å². The van der Waals surface area contributed by atoms with Crippen LogP contribution >= 0.6 is 15.9 Å². The molecular formula is C10H17BrN2O3S. The second-order valence-corrected chi connectivity index (χ2v) is 6.31. The molecule has 0 aromatic carbocycles. The highest BCUT2D eigenvalue weighted by Crippen LogP contribution is 2.26. The summed E-state index contributed by atoms with van der Waals surface area (Å²) in [6.45, 7) is 6.81. The monoisotopic (exact) mass is 324 g/mol. The average Bonchev–Trinajstić information content (AvgIpc) is 2.55. The standard InChI is InChI=1S/C10H17BrN2O3S/c1-4-12-6-8-5-9(10(11)16-8)17(14,15)13-7(2)3/h5,7,12-13H,4,6H2,1-3H3. The number of furan rings is 1. The van der Waals surface area contributed by atoms with Gasteiger partial charge in [0.25, 0.3) is 0 Å². The first-order chi connectivity index (χ1) is 7.86. The van der Waals surface area contributed by atoms with Crippen LogP contribution in [-0.4, -0.2) is 21.0 Å². The van der Waals surface area contributed by atoms with Crippen LogP contribution in [0, 0.1) is 0 Å². The summed E-state index contributed by atoms with van der Waals surface area (Å²) < 4.78 is 31.9. The Labute approximate surface area is 110 Å². The van der Waals surface area contributed by atoms with E-state index in [-0.39, 0.29) is 15.6 Å². The summed E-state index contributed by atoms with van der Waals surface area (Å²) in [5, 5.41) is 3.07. The minimum atomic E-state index is -3.51. The molecule has 0 aliphatic heterocycles. The van der Waals surface area contributed by atoms with Gasteiger partial charge < -0.3 is 9.73 Å². The van der Waals surface area contributed by atoms with Crippen LogP contribution in [0.3, 0.4) is 0 Å². The van der Waals surface area contributed by atoms with E-state index in [9.17, 15) is 8.42 Å². The predicted molar refractivity (Wildman–Crippen MR) is 69.2 cm³/mol. The number of halogens is 1. The molecular weight excluding hydrogens is 308 g/mol. The molecule has 0 saturated heterocycles.